The Morgan fingerprint density at radius 2 is 2.13 bits per heavy atom. The normalized spacial score (nSPS) is 17.1. The Balaban J connectivity index is 1.30. The zero-order valence-corrected chi connectivity index (χ0v) is 17.0. The van der Waals surface area contributed by atoms with Gasteiger partial charge in [-0.05, 0) is 37.1 Å². The number of oxazole rings is 1. The first-order chi connectivity index (χ1) is 14.6. The number of pyridine rings is 1. The summed E-state index contributed by atoms with van der Waals surface area (Å²) in [4.78, 5) is 26.9. The molecule has 1 amide bonds. The molecule has 9 heteroatoms. The van der Waals surface area contributed by atoms with E-state index in [9.17, 15) is 9.59 Å². The predicted octanol–water partition coefficient (Wildman–Crippen LogP) is 3.09. The molecule has 1 fully saturated rings. The van der Waals surface area contributed by atoms with Crippen LogP contribution in [0.1, 0.15) is 31.0 Å². The minimum Gasteiger partial charge on any atom is -0.408 e. The van der Waals surface area contributed by atoms with Crippen LogP contribution in [0.15, 0.2) is 51.8 Å². The van der Waals surface area contributed by atoms with Gasteiger partial charge >= 0.3 is 5.76 Å². The summed E-state index contributed by atoms with van der Waals surface area (Å²) in [5.74, 6) is 0.562. The average molecular weight is 426 g/mol. The molecule has 0 saturated carbocycles. The summed E-state index contributed by atoms with van der Waals surface area (Å²) in [5, 5.41) is 9.09. The van der Waals surface area contributed by atoms with Crippen molar-refractivity contribution >= 4 is 34.3 Å². The quantitative estimate of drug-likeness (QED) is 0.501. The SMILES string of the molecule is O=C(CCn1c(=O)oc2cc(Cl)ccc21)N1CCC[C@@H](c2nnc3ccccn23)C1. The molecule has 0 bridgehead atoms. The summed E-state index contributed by atoms with van der Waals surface area (Å²) in [6, 6.07) is 10.8. The van der Waals surface area contributed by atoms with Crippen molar-refractivity contribution < 1.29 is 9.21 Å². The maximum Gasteiger partial charge on any atom is 0.419 e. The molecule has 1 saturated heterocycles. The summed E-state index contributed by atoms with van der Waals surface area (Å²) < 4.78 is 8.71. The zero-order chi connectivity index (χ0) is 20.7. The van der Waals surface area contributed by atoms with Crippen molar-refractivity contribution in [3.63, 3.8) is 0 Å². The van der Waals surface area contributed by atoms with Gasteiger partial charge in [-0.15, -0.1) is 10.2 Å². The Morgan fingerprint density at radius 3 is 3.03 bits per heavy atom. The molecule has 0 unspecified atom stereocenters. The van der Waals surface area contributed by atoms with Gasteiger partial charge in [-0.3, -0.25) is 13.8 Å². The Labute approximate surface area is 176 Å². The van der Waals surface area contributed by atoms with Crippen LogP contribution in [0, 0.1) is 0 Å². The van der Waals surface area contributed by atoms with Crippen molar-refractivity contribution in [2.75, 3.05) is 13.1 Å². The highest BCUT2D eigenvalue weighted by Crippen LogP contribution is 2.26. The van der Waals surface area contributed by atoms with Gasteiger partial charge in [-0.2, -0.15) is 0 Å². The van der Waals surface area contributed by atoms with Gasteiger partial charge in [0.15, 0.2) is 11.2 Å². The Morgan fingerprint density at radius 1 is 1.23 bits per heavy atom. The van der Waals surface area contributed by atoms with Crippen LogP contribution < -0.4 is 5.76 Å². The fourth-order valence-electron chi connectivity index (χ4n) is 4.17. The Kier molecular flexibility index (Phi) is 4.78. The highest BCUT2D eigenvalue weighted by molar-refractivity contribution is 6.31. The maximum atomic E-state index is 12.9. The second-order valence-corrected chi connectivity index (χ2v) is 7.98. The van der Waals surface area contributed by atoms with Gasteiger partial charge in [0, 0.05) is 49.3 Å². The molecule has 0 radical (unpaired) electrons. The van der Waals surface area contributed by atoms with E-state index in [1.165, 1.54) is 4.57 Å². The number of carbonyl (C=O) groups excluding carboxylic acids is 1. The van der Waals surface area contributed by atoms with Crippen LogP contribution in [0.5, 0.6) is 0 Å². The predicted molar refractivity (Wildman–Crippen MR) is 112 cm³/mol. The number of amides is 1. The van der Waals surface area contributed by atoms with Gasteiger partial charge in [-0.1, -0.05) is 17.7 Å². The molecule has 4 aromatic rings. The molecule has 1 aliphatic rings. The lowest BCUT2D eigenvalue weighted by atomic mass is 9.97. The number of rotatable bonds is 4. The third kappa shape index (κ3) is 3.37. The van der Waals surface area contributed by atoms with E-state index in [1.54, 1.807) is 18.2 Å². The minimum absolute atomic E-state index is 0.0173. The molecule has 5 rings (SSSR count). The van der Waals surface area contributed by atoms with E-state index in [4.69, 9.17) is 16.0 Å². The van der Waals surface area contributed by atoms with E-state index in [0.717, 1.165) is 24.3 Å². The number of carbonyl (C=O) groups is 1. The molecule has 1 atom stereocenters. The molecule has 154 valence electrons. The average Bonchev–Trinajstić information content (AvgIpc) is 3.32. The number of aromatic nitrogens is 4. The smallest absolute Gasteiger partial charge is 0.408 e. The van der Waals surface area contributed by atoms with Crippen LogP contribution in [0.25, 0.3) is 16.7 Å². The topological polar surface area (TPSA) is 85.6 Å². The van der Waals surface area contributed by atoms with Crippen molar-refractivity contribution in [3.8, 4) is 0 Å². The largest absolute Gasteiger partial charge is 0.419 e. The van der Waals surface area contributed by atoms with Crippen molar-refractivity contribution in [1.82, 2.24) is 24.1 Å². The summed E-state index contributed by atoms with van der Waals surface area (Å²) in [6.45, 7) is 1.58. The van der Waals surface area contributed by atoms with Crippen molar-refractivity contribution in [2.45, 2.75) is 31.7 Å². The molecule has 4 heterocycles. The van der Waals surface area contributed by atoms with Gasteiger partial charge in [0.2, 0.25) is 5.91 Å². The summed E-state index contributed by atoms with van der Waals surface area (Å²) in [6.07, 6.45) is 4.05. The number of benzene rings is 1. The van der Waals surface area contributed by atoms with Crippen molar-refractivity contribution in [2.24, 2.45) is 0 Å². The third-order valence-electron chi connectivity index (χ3n) is 5.66. The standard InChI is InChI=1S/C21H20ClN5O3/c22-15-6-7-16-17(12-15)30-21(29)26(16)11-8-19(28)25-9-3-4-14(13-25)20-24-23-18-5-1-2-10-27(18)20/h1-2,5-7,10,12,14H,3-4,8-9,11,13H2/t14-/m1/s1. The van der Waals surface area contributed by atoms with Crippen LogP contribution in [0.3, 0.4) is 0 Å². The van der Waals surface area contributed by atoms with Gasteiger partial charge in [-0.25, -0.2) is 4.79 Å². The molecule has 0 N–H and O–H groups in total. The highest BCUT2D eigenvalue weighted by atomic mass is 35.5. The molecule has 3 aromatic heterocycles. The number of nitrogens with zero attached hydrogens (tertiary/aromatic N) is 5. The molecular formula is C21H20ClN5O3. The van der Waals surface area contributed by atoms with Crippen LogP contribution in [0.4, 0.5) is 0 Å². The maximum absolute atomic E-state index is 12.9. The summed E-state index contributed by atoms with van der Waals surface area (Å²) >= 11 is 5.96. The first-order valence-corrected chi connectivity index (χ1v) is 10.3. The van der Waals surface area contributed by atoms with Crippen LogP contribution in [-0.4, -0.2) is 43.1 Å². The lowest BCUT2D eigenvalue weighted by Crippen LogP contribution is -2.40. The number of fused-ring (bicyclic) bond motifs is 2. The zero-order valence-electron chi connectivity index (χ0n) is 16.2. The first kappa shape index (κ1) is 18.9. The molecule has 1 aromatic carbocycles. The van der Waals surface area contributed by atoms with Gasteiger partial charge in [0.25, 0.3) is 0 Å². The third-order valence-corrected chi connectivity index (χ3v) is 5.89. The summed E-state index contributed by atoms with van der Waals surface area (Å²) in [7, 11) is 0. The van der Waals surface area contributed by atoms with Crippen molar-refractivity contribution in [1.29, 1.82) is 0 Å². The lowest BCUT2D eigenvalue weighted by Gasteiger charge is -2.32. The second kappa shape index (κ2) is 7.60. The van der Waals surface area contributed by atoms with Gasteiger partial charge in [0.05, 0.1) is 5.52 Å². The first-order valence-electron chi connectivity index (χ1n) is 9.96. The summed E-state index contributed by atoms with van der Waals surface area (Å²) in [5.41, 5.74) is 1.88. The van der Waals surface area contributed by atoms with Crippen LogP contribution >= 0.6 is 11.6 Å². The number of piperidine rings is 1. The van der Waals surface area contributed by atoms with E-state index < -0.39 is 5.76 Å². The fourth-order valence-corrected chi connectivity index (χ4v) is 4.33. The van der Waals surface area contributed by atoms with E-state index >= 15 is 0 Å². The van der Waals surface area contributed by atoms with Crippen molar-refractivity contribution in [3.05, 3.63) is 64.0 Å². The molecular weight excluding hydrogens is 406 g/mol. The van der Waals surface area contributed by atoms with Crippen LogP contribution in [0.2, 0.25) is 5.02 Å². The Hall–Kier alpha value is -3.13. The second-order valence-electron chi connectivity index (χ2n) is 7.55. The number of hydrogen-bond acceptors (Lipinski definition) is 5. The van der Waals surface area contributed by atoms with E-state index in [1.807, 2.05) is 33.7 Å². The molecule has 1 aliphatic heterocycles. The molecule has 0 aliphatic carbocycles. The molecule has 0 spiro atoms. The lowest BCUT2D eigenvalue weighted by molar-refractivity contribution is -0.132. The Bertz CT molecular complexity index is 1290. The van der Waals surface area contributed by atoms with E-state index in [0.29, 0.717) is 29.2 Å². The number of halogens is 1. The molecule has 8 nitrogen and oxygen atoms in total. The fraction of sp³-hybridized carbons (Fsp3) is 0.333. The minimum atomic E-state index is -0.480. The van der Waals surface area contributed by atoms with Crippen LogP contribution in [-0.2, 0) is 11.3 Å². The van der Waals surface area contributed by atoms with E-state index in [2.05, 4.69) is 10.2 Å². The van der Waals surface area contributed by atoms with Gasteiger partial charge in [0.1, 0.15) is 5.82 Å². The number of aryl methyl sites for hydroxylation is 1. The number of likely N-dealkylation sites (tertiary alicyclic amines) is 1. The molecule has 30 heavy (non-hydrogen) atoms. The monoisotopic (exact) mass is 425 g/mol. The van der Waals surface area contributed by atoms with Gasteiger partial charge < -0.3 is 9.32 Å². The highest BCUT2D eigenvalue weighted by Gasteiger charge is 2.28. The van der Waals surface area contributed by atoms with E-state index in [-0.39, 0.29) is 24.8 Å². The number of hydrogen-bond donors (Lipinski definition) is 0.